The van der Waals surface area contributed by atoms with Gasteiger partial charge in [0.1, 0.15) is 12.2 Å². The van der Waals surface area contributed by atoms with E-state index in [4.69, 9.17) is 33.6 Å². The van der Waals surface area contributed by atoms with Crippen LogP contribution in [0.15, 0.2) is 5.10 Å². The third-order valence-corrected chi connectivity index (χ3v) is 1.87. The van der Waals surface area contributed by atoms with Crippen LogP contribution in [0.3, 0.4) is 0 Å². The summed E-state index contributed by atoms with van der Waals surface area (Å²) in [7, 11) is 0. The lowest BCUT2D eigenvalue weighted by atomic mass is 10.1. The Bertz CT molecular complexity index is 304. The Kier molecular flexibility index (Phi) is 6.18. The number of carboxylic acid groups (broad SMARTS) is 1. The first-order valence-electron chi connectivity index (χ1n) is 4.75. The van der Waals surface area contributed by atoms with Crippen molar-refractivity contribution in [2.75, 3.05) is 0 Å². The second-order valence-electron chi connectivity index (χ2n) is 3.29. The van der Waals surface area contributed by atoms with Gasteiger partial charge in [-0.25, -0.2) is 0 Å². The molecule has 0 aromatic heterocycles. The number of hydrogen-bond donors (Lipinski definition) is 8. The fourth-order valence-corrected chi connectivity index (χ4v) is 1.05. The van der Waals surface area contributed by atoms with Gasteiger partial charge in [-0.05, 0) is 12.8 Å². The molecule has 0 aromatic rings. The Hall–Kier alpha value is -2.23. The molecule has 0 aliphatic heterocycles. The zero-order valence-corrected chi connectivity index (χ0v) is 9.18. The molecular weight excluding hydrogens is 228 g/mol. The van der Waals surface area contributed by atoms with E-state index in [2.05, 4.69) is 15.7 Å². The van der Waals surface area contributed by atoms with E-state index < -0.39 is 18.2 Å². The van der Waals surface area contributed by atoms with Crippen LogP contribution in [0, 0.1) is 5.41 Å². The number of nitrogens with zero attached hydrogens (tertiary/aromatic N) is 1. The monoisotopic (exact) mass is 246 g/mol. The third kappa shape index (κ3) is 6.78. The molecule has 2 unspecified atom stereocenters. The summed E-state index contributed by atoms with van der Waals surface area (Å²) >= 11 is 0. The van der Waals surface area contributed by atoms with Crippen molar-refractivity contribution in [1.29, 1.82) is 5.41 Å². The average molecular weight is 246 g/mol. The van der Waals surface area contributed by atoms with Gasteiger partial charge in [0.15, 0.2) is 5.96 Å². The predicted octanol–water partition coefficient (Wildman–Crippen LogP) is -3.23. The largest absolute Gasteiger partial charge is 0.480 e. The number of guanidine groups is 2. The molecule has 0 radical (unpaired) electrons. The summed E-state index contributed by atoms with van der Waals surface area (Å²) < 4.78 is 0. The van der Waals surface area contributed by atoms with Crippen LogP contribution < -0.4 is 33.7 Å². The Morgan fingerprint density at radius 2 is 1.94 bits per heavy atom. The molecule has 0 saturated heterocycles. The molecule has 10 heteroatoms. The van der Waals surface area contributed by atoms with E-state index in [-0.39, 0.29) is 24.8 Å². The van der Waals surface area contributed by atoms with Crippen LogP contribution in [-0.2, 0) is 4.79 Å². The van der Waals surface area contributed by atoms with Gasteiger partial charge >= 0.3 is 5.97 Å². The Morgan fingerprint density at radius 3 is 2.35 bits per heavy atom. The SMILES string of the molecule is N=C(N)NC(CCC(N)C(=O)O)NC(N)=NN. The zero-order valence-electron chi connectivity index (χ0n) is 9.18. The second kappa shape index (κ2) is 7.11. The predicted molar refractivity (Wildman–Crippen MR) is 62.6 cm³/mol. The van der Waals surface area contributed by atoms with Crippen molar-refractivity contribution in [3.63, 3.8) is 0 Å². The van der Waals surface area contributed by atoms with Crippen LogP contribution in [0.2, 0.25) is 0 Å². The molecule has 0 bridgehead atoms. The Morgan fingerprint density at radius 1 is 1.35 bits per heavy atom. The molecule has 0 aliphatic carbocycles. The molecule has 17 heavy (non-hydrogen) atoms. The van der Waals surface area contributed by atoms with Crippen molar-refractivity contribution >= 4 is 17.9 Å². The normalized spacial score (nSPS) is 14.8. The maximum atomic E-state index is 10.5. The number of hydrogen-bond acceptors (Lipinski definition) is 5. The van der Waals surface area contributed by atoms with E-state index in [9.17, 15) is 4.79 Å². The third-order valence-electron chi connectivity index (χ3n) is 1.87. The summed E-state index contributed by atoms with van der Waals surface area (Å²) in [5.41, 5.74) is 15.8. The van der Waals surface area contributed by atoms with Crippen molar-refractivity contribution in [2.45, 2.75) is 25.0 Å². The number of rotatable bonds is 6. The van der Waals surface area contributed by atoms with Gasteiger partial charge in [-0.1, -0.05) is 0 Å². The topological polar surface area (TPSA) is 202 Å². The Balaban J connectivity index is 4.28. The highest BCUT2D eigenvalue weighted by Gasteiger charge is 2.16. The van der Waals surface area contributed by atoms with Gasteiger partial charge in [-0.3, -0.25) is 10.2 Å². The first kappa shape index (κ1) is 14.8. The molecular formula is C7H18N8O2. The minimum Gasteiger partial charge on any atom is -0.480 e. The summed E-state index contributed by atoms with van der Waals surface area (Å²) in [6.07, 6.45) is -0.112. The molecule has 0 aromatic carbocycles. The highest BCUT2D eigenvalue weighted by molar-refractivity contribution is 5.79. The number of carbonyl (C=O) groups is 1. The van der Waals surface area contributed by atoms with Gasteiger partial charge in [0.2, 0.25) is 5.96 Å². The summed E-state index contributed by atoms with van der Waals surface area (Å²) in [6, 6.07) is -0.996. The number of carboxylic acids is 1. The van der Waals surface area contributed by atoms with E-state index >= 15 is 0 Å². The van der Waals surface area contributed by atoms with E-state index in [1.807, 2.05) is 0 Å². The van der Waals surface area contributed by atoms with Crippen LogP contribution in [0.1, 0.15) is 12.8 Å². The smallest absolute Gasteiger partial charge is 0.320 e. The van der Waals surface area contributed by atoms with Crippen molar-refractivity contribution in [3.8, 4) is 0 Å². The van der Waals surface area contributed by atoms with E-state index in [1.165, 1.54) is 0 Å². The summed E-state index contributed by atoms with van der Waals surface area (Å²) in [6.45, 7) is 0. The minimum atomic E-state index is -1.10. The molecule has 12 N–H and O–H groups in total. The van der Waals surface area contributed by atoms with Gasteiger partial charge in [0.25, 0.3) is 0 Å². The highest BCUT2D eigenvalue weighted by atomic mass is 16.4. The number of aliphatic carboxylic acids is 1. The molecule has 0 heterocycles. The molecule has 0 rings (SSSR count). The van der Waals surface area contributed by atoms with Crippen molar-refractivity contribution in [2.24, 2.45) is 28.1 Å². The molecule has 0 fully saturated rings. The second-order valence-corrected chi connectivity index (χ2v) is 3.29. The standard InChI is InChI=1S/C7H18N8O2/c8-3(5(16)17)1-2-4(13-6(9)10)14-7(11)15-12/h3-4H,1-2,8,12H2,(H,16,17)(H4,9,10,13)(H3,11,14,15). The minimum absolute atomic E-state index is 0.0624. The van der Waals surface area contributed by atoms with Crippen molar-refractivity contribution in [1.82, 2.24) is 10.6 Å². The fraction of sp³-hybridized carbons (Fsp3) is 0.571. The van der Waals surface area contributed by atoms with Gasteiger partial charge in [-0.15, -0.1) is 5.10 Å². The van der Waals surface area contributed by atoms with Crippen LogP contribution in [0.5, 0.6) is 0 Å². The first-order valence-corrected chi connectivity index (χ1v) is 4.75. The quantitative estimate of drug-likeness (QED) is 0.0784. The molecule has 0 amide bonds. The van der Waals surface area contributed by atoms with Crippen LogP contribution >= 0.6 is 0 Å². The summed E-state index contributed by atoms with van der Waals surface area (Å²) in [5, 5.41) is 24.0. The summed E-state index contributed by atoms with van der Waals surface area (Å²) in [4.78, 5) is 10.5. The molecule has 2 atom stereocenters. The number of nitrogens with one attached hydrogen (secondary N) is 3. The van der Waals surface area contributed by atoms with E-state index in [1.54, 1.807) is 0 Å². The molecule has 10 nitrogen and oxygen atoms in total. The maximum absolute atomic E-state index is 10.5. The van der Waals surface area contributed by atoms with Crippen LogP contribution in [-0.4, -0.2) is 35.2 Å². The van der Waals surface area contributed by atoms with Gasteiger partial charge in [0, 0.05) is 0 Å². The van der Waals surface area contributed by atoms with Gasteiger partial charge in [0.05, 0.1) is 0 Å². The summed E-state index contributed by atoms with van der Waals surface area (Å²) in [5.74, 6) is 3.46. The van der Waals surface area contributed by atoms with Crippen molar-refractivity contribution < 1.29 is 9.90 Å². The fourth-order valence-electron chi connectivity index (χ4n) is 1.05. The van der Waals surface area contributed by atoms with E-state index in [0.29, 0.717) is 0 Å². The molecule has 0 aliphatic rings. The van der Waals surface area contributed by atoms with Gasteiger partial charge < -0.3 is 38.8 Å². The van der Waals surface area contributed by atoms with E-state index in [0.717, 1.165) is 0 Å². The van der Waals surface area contributed by atoms with Gasteiger partial charge in [-0.2, -0.15) is 0 Å². The zero-order chi connectivity index (χ0) is 13.4. The molecule has 0 saturated carbocycles. The first-order chi connectivity index (χ1) is 7.86. The molecule has 98 valence electrons. The van der Waals surface area contributed by atoms with Crippen molar-refractivity contribution in [3.05, 3.63) is 0 Å². The lowest BCUT2D eigenvalue weighted by Crippen LogP contribution is -2.53. The lowest BCUT2D eigenvalue weighted by molar-refractivity contribution is -0.138. The lowest BCUT2D eigenvalue weighted by Gasteiger charge is -2.21. The van der Waals surface area contributed by atoms with Crippen LogP contribution in [0.25, 0.3) is 0 Å². The average Bonchev–Trinajstić information content (AvgIpc) is 2.24. The molecule has 0 spiro atoms. The number of nitrogens with two attached hydrogens (primary N) is 4. The number of hydrazone groups is 1. The highest BCUT2D eigenvalue weighted by Crippen LogP contribution is 1.98. The Labute approximate surface area is 97.9 Å². The van der Waals surface area contributed by atoms with Crippen LogP contribution in [0.4, 0.5) is 0 Å². The maximum Gasteiger partial charge on any atom is 0.320 e.